The Hall–Kier alpha value is -4.46. The number of hydrogen-bond acceptors (Lipinski definition) is 6. The van der Waals surface area contributed by atoms with E-state index in [2.05, 4.69) is 0 Å². The second-order valence-corrected chi connectivity index (χ2v) is 8.42. The number of nitrogens with zero attached hydrogens (tertiary/aromatic N) is 2. The van der Waals surface area contributed by atoms with E-state index in [9.17, 15) is 24.8 Å². The minimum absolute atomic E-state index is 0.0809. The number of non-ortho nitro benzene ring substituents is 1. The van der Waals surface area contributed by atoms with Gasteiger partial charge in [-0.2, -0.15) is 0 Å². The average molecular weight is 487 g/mol. The molecule has 3 aromatic rings. The maximum absolute atomic E-state index is 13.3. The summed E-state index contributed by atoms with van der Waals surface area (Å²) in [6.45, 7) is 4.50. The number of nitro groups is 1. The number of hydrogen-bond donors (Lipinski definition) is 1. The molecule has 8 heteroatoms. The molecule has 184 valence electrons. The van der Waals surface area contributed by atoms with Gasteiger partial charge in [-0.25, -0.2) is 0 Å². The van der Waals surface area contributed by atoms with Crippen LogP contribution in [0.3, 0.4) is 0 Å². The normalized spacial score (nSPS) is 16.8. The van der Waals surface area contributed by atoms with Gasteiger partial charge < -0.3 is 9.84 Å². The number of ether oxygens (including phenoxy) is 1. The summed E-state index contributed by atoms with van der Waals surface area (Å²) in [6, 6.07) is 18.8. The van der Waals surface area contributed by atoms with E-state index in [0.717, 1.165) is 18.4 Å². The van der Waals surface area contributed by atoms with Crippen LogP contribution in [-0.4, -0.2) is 28.3 Å². The summed E-state index contributed by atoms with van der Waals surface area (Å²) in [4.78, 5) is 38.7. The number of anilines is 1. The van der Waals surface area contributed by atoms with Crippen molar-refractivity contribution in [1.29, 1.82) is 0 Å². The third-order valence-corrected chi connectivity index (χ3v) is 6.05. The van der Waals surface area contributed by atoms with Gasteiger partial charge in [0.25, 0.3) is 17.4 Å². The first-order chi connectivity index (χ1) is 17.3. The van der Waals surface area contributed by atoms with Gasteiger partial charge >= 0.3 is 0 Å². The smallest absolute Gasteiger partial charge is 0.300 e. The highest BCUT2D eigenvalue weighted by Gasteiger charge is 2.47. The summed E-state index contributed by atoms with van der Waals surface area (Å²) in [5.74, 6) is -1.60. The molecule has 0 aliphatic carbocycles. The predicted octanol–water partition coefficient (Wildman–Crippen LogP) is 5.57. The fraction of sp³-hybridized carbons (Fsp3) is 0.214. The van der Waals surface area contributed by atoms with Crippen LogP contribution >= 0.6 is 0 Å². The van der Waals surface area contributed by atoms with Crippen LogP contribution in [0, 0.1) is 10.1 Å². The Morgan fingerprint density at radius 1 is 1.03 bits per heavy atom. The topological polar surface area (TPSA) is 110 Å². The summed E-state index contributed by atoms with van der Waals surface area (Å²) in [6.07, 6.45) is 1.62. The molecule has 1 heterocycles. The van der Waals surface area contributed by atoms with E-state index in [1.807, 2.05) is 38.1 Å². The molecule has 3 aromatic carbocycles. The maximum atomic E-state index is 13.3. The summed E-state index contributed by atoms with van der Waals surface area (Å²) < 4.78 is 5.72. The van der Waals surface area contributed by atoms with E-state index in [4.69, 9.17) is 4.74 Å². The number of aliphatic hydroxyl groups is 1. The number of rotatable bonds is 8. The second kappa shape index (κ2) is 10.4. The molecule has 1 N–H and O–H groups in total. The lowest BCUT2D eigenvalue weighted by Gasteiger charge is -2.26. The lowest BCUT2D eigenvalue weighted by Crippen LogP contribution is -2.29. The molecule has 0 spiro atoms. The molecular weight excluding hydrogens is 460 g/mol. The number of aliphatic hydroxyl groups excluding tert-OH is 1. The van der Waals surface area contributed by atoms with Crippen LogP contribution in [0.25, 0.3) is 5.76 Å². The van der Waals surface area contributed by atoms with Crippen molar-refractivity contribution in [2.75, 3.05) is 11.5 Å². The van der Waals surface area contributed by atoms with E-state index in [1.54, 1.807) is 24.3 Å². The zero-order chi connectivity index (χ0) is 25.8. The number of aryl methyl sites for hydroxylation is 1. The van der Waals surface area contributed by atoms with Gasteiger partial charge in [0.15, 0.2) is 0 Å². The van der Waals surface area contributed by atoms with Crippen molar-refractivity contribution in [3.05, 3.63) is 105 Å². The fourth-order valence-corrected chi connectivity index (χ4v) is 4.22. The van der Waals surface area contributed by atoms with Gasteiger partial charge in [0, 0.05) is 29.4 Å². The van der Waals surface area contributed by atoms with Gasteiger partial charge in [0.1, 0.15) is 11.5 Å². The Morgan fingerprint density at radius 2 is 1.75 bits per heavy atom. The average Bonchev–Trinajstić information content (AvgIpc) is 3.17. The monoisotopic (exact) mass is 486 g/mol. The van der Waals surface area contributed by atoms with Gasteiger partial charge in [-0.3, -0.25) is 24.6 Å². The van der Waals surface area contributed by atoms with Gasteiger partial charge in [0.2, 0.25) is 0 Å². The minimum atomic E-state index is -0.934. The quantitative estimate of drug-likeness (QED) is 0.146. The molecule has 0 bridgehead atoms. The summed E-state index contributed by atoms with van der Waals surface area (Å²) in [5.41, 5.74) is 1.84. The molecule has 1 fully saturated rings. The third kappa shape index (κ3) is 4.70. The molecule has 1 aliphatic rings. The molecule has 4 rings (SSSR count). The van der Waals surface area contributed by atoms with Crippen molar-refractivity contribution in [3.63, 3.8) is 0 Å². The van der Waals surface area contributed by atoms with E-state index >= 15 is 0 Å². The number of ketones is 1. The van der Waals surface area contributed by atoms with Crippen LogP contribution in [-0.2, 0) is 16.0 Å². The molecule has 1 unspecified atom stereocenters. The molecule has 1 amide bonds. The van der Waals surface area contributed by atoms with Crippen molar-refractivity contribution in [1.82, 2.24) is 0 Å². The number of amides is 1. The first-order valence-electron chi connectivity index (χ1n) is 11.7. The second-order valence-electron chi connectivity index (χ2n) is 8.42. The molecular formula is C28H26N2O6. The van der Waals surface area contributed by atoms with Crippen molar-refractivity contribution < 1.29 is 24.4 Å². The van der Waals surface area contributed by atoms with E-state index < -0.39 is 28.4 Å². The fourth-order valence-electron chi connectivity index (χ4n) is 4.22. The molecule has 1 atom stereocenters. The zero-order valence-electron chi connectivity index (χ0n) is 20.0. The molecule has 0 saturated carbocycles. The largest absolute Gasteiger partial charge is 0.507 e. The van der Waals surface area contributed by atoms with E-state index in [0.29, 0.717) is 23.6 Å². The number of carbonyl (C=O) groups excluding carboxylic acids is 2. The number of Topliss-reactive ketones (excluding diaryl/α,β-unsaturated/α-hetero) is 1. The Labute approximate surface area is 208 Å². The molecule has 1 saturated heterocycles. The molecule has 0 aromatic heterocycles. The van der Waals surface area contributed by atoms with E-state index in [1.165, 1.54) is 29.2 Å². The number of benzene rings is 3. The summed E-state index contributed by atoms with van der Waals surface area (Å²) >= 11 is 0. The molecule has 0 radical (unpaired) electrons. The Balaban J connectivity index is 1.90. The molecule has 1 aliphatic heterocycles. The Bertz CT molecular complexity index is 1350. The summed E-state index contributed by atoms with van der Waals surface area (Å²) in [7, 11) is 0. The highest BCUT2D eigenvalue weighted by molar-refractivity contribution is 6.51. The van der Waals surface area contributed by atoms with Crippen LogP contribution in [0.1, 0.15) is 43.0 Å². The van der Waals surface area contributed by atoms with E-state index in [-0.39, 0.29) is 16.8 Å². The highest BCUT2D eigenvalue weighted by Crippen LogP contribution is 2.43. The van der Waals surface area contributed by atoms with Crippen LogP contribution in [0.15, 0.2) is 78.4 Å². The standard InChI is InChI=1S/C28H26N2O6/c1-3-15-36-23-10-6-8-21(17-23)29-25(19-13-11-18(4-2)12-14-19)24(27(32)28(29)33)26(31)20-7-5-9-22(16-20)30(34)35/h5-14,16-17,25,31H,3-4,15H2,1-2H3/b26-24-. The SMILES string of the molecule is CCCOc1cccc(N2C(=O)C(=O)/C(=C(\O)c3cccc([N+](=O)[O-])c3)C2c2ccc(CC)cc2)c1. The Kier molecular flexibility index (Phi) is 7.15. The van der Waals surface area contributed by atoms with Crippen LogP contribution in [0.2, 0.25) is 0 Å². The molecule has 8 nitrogen and oxygen atoms in total. The Morgan fingerprint density at radius 3 is 2.42 bits per heavy atom. The van der Waals surface area contributed by atoms with Crippen LogP contribution in [0.4, 0.5) is 11.4 Å². The van der Waals surface area contributed by atoms with Crippen molar-refractivity contribution in [3.8, 4) is 5.75 Å². The predicted molar refractivity (Wildman–Crippen MR) is 136 cm³/mol. The van der Waals surface area contributed by atoms with Crippen molar-refractivity contribution in [2.24, 2.45) is 0 Å². The van der Waals surface area contributed by atoms with Gasteiger partial charge in [-0.15, -0.1) is 0 Å². The zero-order valence-corrected chi connectivity index (χ0v) is 20.0. The highest BCUT2D eigenvalue weighted by atomic mass is 16.6. The van der Waals surface area contributed by atoms with Crippen molar-refractivity contribution in [2.45, 2.75) is 32.7 Å². The minimum Gasteiger partial charge on any atom is -0.507 e. The van der Waals surface area contributed by atoms with Crippen LogP contribution < -0.4 is 9.64 Å². The lowest BCUT2D eigenvalue weighted by molar-refractivity contribution is -0.384. The summed E-state index contributed by atoms with van der Waals surface area (Å²) in [5, 5.41) is 22.5. The van der Waals surface area contributed by atoms with Gasteiger partial charge in [-0.05, 0) is 36.1 Å². The number of nitro benzene ring substituents is 1. The third-order valence-electron chi connectivity index (χ3n) is 6.05. The number of carbonyl (C=O) groups is 2. The van der Waals surface area contributed by atoms with Crippen LogP contribution in [0.5, 0.6) is 5.75 Å². The first kappa shape index (κ1) is 24.7. The maximum Gasteiger partial charge on any atom is 0.300 e. The lowest BCUT2D eigenvalue weighted by atomic mass is 9.94. The first-order valence-corrected chi connectivity index (χ1v) is 11.7. The van der Waals surface area contributed by atoms with Gasteiger partial charge in [-0.1, -0.05) is 56.3 Å². The van der Waals surface area contributed by atoms with Gasteiger partial charge in [0.05, 0.1) is 23.1 Å². The van der Waals surface area contributed by atoms with Crippen molar-refractivity contribution >= 4 is 28.8 Å². The molecule has 36 heavy (non-hydrogen) atoms.